The number of non-ortho nitro benzene ring substituents is 1. The molecule has 0 N–H and O–H groups in total. The highest BCUT2D eigenvalue weighted by molar-refractivity contribution is 6.04. The summed E-state index contributed by atoms with van der Waals surface area (Å²) in [5.74, 6) is -0.374. The third-order valence-corrected chi connectivity index (χ3v) is 4.62. The van der Waals surface area contributed by atoms with Crippen LogP contribution in [0.3, 0.4) is 0 Å². The number of nitro groups is 1. The van der Waals surface area contributed by atoms with Gasteiger partial charge < -0.3 is 4.90 Å². The molecule has 8 nitrogen and oxygen atoms in total. The smallest absolute Gasteiger partial charge is 0.275 e. The Bertz CT molecular complexity index is 1110. The van der Waals surface area contributed by atoms with E-state index in [4.69, 9.17) is 0 Å². The molecule has 0 aliphatic heterocycles. The maximum Gasteiger partial charge on any atom is 0.275 e. The summed E-state index contributed by atoms with van der Waals surface area (Å²) in [6, 6.07) is 12.5. The quantitative estimate of drug-likeness (QED) is 0.522. The second-order valence-corrected chi connectivity index (χ2v) is 6.27. The third-order valence-electron chi connectivity index (χ3n) is 4.62. The zero-order chi connectivity index (χ0) is 19.7. The van der Waals surface area contributed by atoms with Crippen LogP contribution in [0.1, 0.15) is 29.0 Å². The van der Waals surface area contributed by atoms with E-state index in [-0.39, 0.29) is 22.8 Å². The Balaban J connectivity index is 2.02. The summed E-state index contributed by atoms with van der Waals surface area (Å²) in [6.07, 6.45) is 0. The molecule has 1 atom stereocenters. The lowest BCUT2D eigenvalue weighted by atomic mass is 10.1. The van der Waals surface area contributed by atoms with Crippen LogP contribution in [-0.2, 0) is 7.05 Å². The summed E-state index contributed by atoms with van der Waals surface area (Å²) in [7, 11) is 3.10. The average molecular weight is 366 g/mol. The van der Waals surface area contributed by atoms with Crippen molar-refractivity contribution in [3.8, 4) is 0 Å². The van der Waals surface area contributed by atoms with Crippen LogP contribution in [0.2, 0.25) is 0 Å². The van der Waals surface area contributed by atoms with Crippen molar-refractivity contribution in [1.29, 1.82) is 0 Å². The summed E-state index contributed by atoms with van der Waals surface area (Å²) in [4.78, 5) is 37.3. The van der Waals surface area contributed by atoms with Crippen LogP contribution in [0, 0.1) is 10.1 Å². The summed E-state index contributed by atoms with van der Waals surface area (Å²) >= 11 is 0. The molecule has 3 rings (SSSR count). The van der Waals surface area contributed by atoms with Gasteiger partial charge in [-0.1, -0.05) is 30.3 Å². The molecule has 0 spiro atoms. The van der Waals surface area contributed by atoms with E-state index in [2.05, 4.69) is 5.10 Å². The topological polar surface area (TPSA) is 98.3 Å². The standard InChI is InChI=1S/C19H18N4O4/c1-12(13-7-6-8-14(11-13)23(26)27)21(2)19(25)17-15-9-4-5-10-16(15)18(24)22(3)20-17/h4-12H,1-3H3. The van der Waals surface area contributed by atoms with Crippen molar-refractivity contribution < 1.29 is 9.72 Å². The number of benzene rings is 2. The summed E-state index contributed by atoms with van der Waals surface area (Å²) in [5.41, 5.74) is 0.476. The van der Waals surface area contributed by atoms with E-state index in [0.29, 0.717) is 16.3 Å². The molecule has 1 aromatic heterocycles. The van der Waals surface area contributed by atoms with E-state index in [1.165, 1.54) is 24.1 Å². The van der Waals surface area contributed by atoms with E-state index in [1.54, 1.807) is 50.4 Å². The van der Waals surface area contributed by atoms with Gasteiger partial charge in [0.15, 0.2) is 5.69 Å². The number of carbonyl (C=O) groups excluding carboxylic acids is 1. The van der Waals surface area contributed by atoms with Gasteiger partial charge in [-0.15, -0.1) is 0 Å². The zero-order valence-corrected chi connectivity index (χ0v) is 15.1. The van der Waals surface area contributed by atoms with Crippen LogP contribution in [0.15, 0.2) is 53.3 Å². The molecule has 0 saturated heterocycles. The maximum atomic E-state index is 13.1. The first-order valence-electron chi connectivity index (χ1n) is 8.29. The van der Waals surface area contributed by atoms with Gasteiger partial charge in [0.2, 0.25) is 0 Å². The number of hydrogen-bond donors (Lipinski definition) is 0. The van der Waals surface area contributed by atoms with Crippen molar-refractivity contribution in [2.24, 2.45) is 7.05 Å². The number of hydrogen-bond acceptors (Lipinski definition) is 5. The number of nitrogens with zero attached hydrogens (tertiary/aromatic N) is 4. The van der Waals surface area contributed by atoms with Gasteiger partial charge in [-0.25, -0.2) is 4.68 Å². The molecule has 2 aromatic carbocycles. The van der Waals surface area contributed by atoms with Crippen molar-refractivity contribution in [1.82, 2.24) is 14.7 Å². The minimum atomic E-state index is -0.472. The predicted octanol–water partition coefficient (Wildman–Crippen LogP) is 2.67. The Labute approximate surface area is 154 Å². The van der Waals surface area contributed by atoms with Crippen LogP contribution >= 0.6 is 0 Å². The lowest BCUT2D eigenvalue weighted by molar-refractivity contribution is -0.384. The fraction of sp³-hybridized carbons (Fsp3) is 0.211. The zero-order valence-electron chi connectivity index (χ0n) is 15.1. The van der Waals surface area contributed by atoms with Gasteiger partial charge in [0, 0.05) is 31.6 Å². The number of fused-ring (bicyclic) bond motifs is 1. The molecule has 1 amide bonds. The molecule has 0 fully saturated rings. The molecule has 0 aliphatic rings. The fourth-order valence-corrected chi connectivity index (χ4v) is 2.92. The van der Waals surface area contributed by atoms with Gasteiger partial charge in [-0.05, 0) is 18.6 Å². The molecule has 1 unspecified atom stereocenters. The Hall–Kier alpha value is -3.55. The SMILES string of the molecule is CC(c1cccc([N+](=O)[O-])c1)N(C)C(=O)c1nn(C)c(=O)c2ccccc12. The number of aromatic nitrogens is 2. The molecule has 0 bridgehead atoms. The van der Waals surface area contributed by atoms with Gasteiger partial charge in [0.05, 0.1) is 16.4 Å². The normalized spacial score (nSPS) is 12.0. The third kappa shape index (κ3) is 3.29. The molecule has 0 saturated carbocycles. The second-order valence-electron chi connectivity index (χ2n) is 6.27. The van der Waals surface area contributed by atoms with Crippen molar-refractivity contribution in [2.45, 2.75) is 13.0 Å². The Kier molecular flexibility index (Phi) is 4.72. The number of aryl methyl sites for hydroxylation is 1. The molecule has 138 valence electrons. The predicted molar refractivity (Wildman–Crippen MR) is 101 cm³/mol. The molecule has 3 aromatic rings. The minimum absolute atomic E-state index is 0.0362. The Morgan fingerprint density at radius 1 is 1.19 bits per heavy atom. The molecule has 27 heavy (non-hydrogen) atoms. The number of nitro benzene ring substituents is 1. The summed E-state index contributed by atoms with van der Waals surface area (Å²) in [5, 5.41) is 16.0. The monoisotopic (exact) mass is 366 g/mol. The second kappa shape index (κ2) is 6.99. The van der Waals surface area contributed by atoms with Crippen LogP contribution in [0.25, 0.3) is 10.8 Å². The number of carbonyl (C=O) groups is 1. The molecular formula is C19H18N4O4. The van der Waals surface area contributed by atoms with Gasteiger partial charge in [-0.2, -0.15) is 5.10 Å². The van der Waals surface area contributed by atoms with Crippen molar-refractivity contribution in [3.63, 3.8) is 0 Å². The van der Waals surface area contributed by atoms with Crippen molar-refractivity contribution in [3.05, 3.63) is 80.3 Å². The first-order valence-corrected chi connectivity index (χ1v) is 8.29. The van der Waals surface area contributed by atoms with E-state index in [9.17, 15) is 19.7 Å². The number of rotatable bonds is 4. The lowest BCUT2D eigenvalue weighted by Gasteiger charge is -2.25. The highest BCUT2D eigenvalue weighted by Crippen LogP contribution is 2.25. The van der Waals surface area contributed by atoms with Gasteiger partial charge in [0.1, 0.15) is 0 Å². The van der Waals surface area contributed by atoms with Crippen LogP contribution in [-0.4, -0.2) is 32.6 Å². The molecule has 1 heterocycles. The summed E-state index contributed by atoms with van der Waals surface area (Å²) < 4.78 is 1.14. The molecule has 8 heteroatoms. The Morgan fingerprint density at radius 3 is 2.52 bits per heavy atom. The molecule has 0 aliphatic carbocycles. The largest absolute Gasteiger partial charge is 0.334 e. The van der Waals surface area contributed by atoms with Crippen molar-refractivity contribution >= 4 is 22.4 Å². The van der Waals surface area contributed by atoms with Crippen LogP contribution in [0.5, 0.6) is 0 Å². The maximum absolute atomic E-state index is 13.1. The first-order chi connectivity index (χ1) is 12.8. The Morgan fingerprint density at radius 2 is 1.85 bits per heavy atom. The van der Waals surface area contributed by atoms with Crippen LogP contribution in [0.4, 0.5) is 5.69 Å². The van der Waals surface area contributed by atoms with Crippen LogP contribution < -0.4 is 5.56 Å². The minimum Gasteiger partial charge on any atom is -0.334 e. The molecular weight excluding hydrogens is 348 g/mol. The van der Waals surface area contributed by atoms with E-state index < -0.39 is 11.0 Å². The van der Waals surface area contributed by atoms with E-state index in [0.717, 1.165) is 4.68 Å². The highest BCUT2D eigenvalue weighted by atomic mass is 16.6. The lowest BCUT2D eigenvalue weighted by Crippen LogP contribution is -2.33. The van der Waals surface area contributed by atoms with Crippen molar-refractivity contribution in [2.75, 3.05) is 7.05 Å². The van der Waals surface area contributed by atoms with Gasteiger partial charge in [-0.3, -0.25) is 19.7 Å². The first kappa shape index (κ1) is 18.2. The van der Waals surface area contributed by atoms with Gasteiger partial charge in [0.25, 0.3) is 17.2 Å². The van der Waals surface area contributed by atoms with E-state index >= 15 is 0 Å². The van der Waals surface area contributed by atoms with E-state index in [1.807, 2.05) is 0 Å². The average Bonchev–Trinajstić information content (AvgIpc) is 2.69. The number of amides is 1. The summed E-state index contributed by atoms with van der Waals surface area (Å²) in [6.45, 7) is 1.78. The van der Waals surface area contributed by atoms with Gasteiger partial charge >= 0.3 is 0 Å². The highest BCUT2D eigenvalue weighted by Gasteiger charge is 2.24. The fourth-order valence-electron chi connectivity index (χ4n) is 2.92. The molecule has 0 radical (unpaired) electrons.